The average Bonchev–Trinajstić information content (AvgIpc) is 2.51. The fourth-order valence-corrected chi connectivity index (χ4v) is 2.69. The van der Waals surface area contributed by atoms with Gasteiger partial charge in [-0.2, -0.15) is 0 Å². The van der Waals surface area contributed by atoms with Gasteiger partial charge in [-0.1, -0.05) is 44.2 Å². The summed E-state index contributed by atoms with van der Waals surface area (Å²) in [5.41, 5.74) is 3.08. The molecule has 0 aliphatic rings. The van der Waals surface area contributed by atoms with E-state index in [2.05, 4.69) is 4.98 Å². The van der Waals surface area contributed by atoms with Crippen LogP contribution in [-0.2, 0) is 0 Å². The van der Waals surface area contributed by atoms with Crippen molar-refractivity contribution in [2.75, 3.05) is 0 Å². The second-order valence-electron chi connectivity index (χ2n) is 5.89. The molecule has 0 aliphatic heterocycles. The Morgan fingerprint density at radius 1 is 0.913 bits per heavy atom. The van der Waals surface area contributed by atoms with Crippen molar-refractivity contribution in [3.8, 4) is 11.5 Å². The summed E-state index contributed by atoms with van der Waals surface area (Å²) >= 11 is 0. The van der Waals surface area contributed by atoms with Crippen molar-refractivity contribution in [2.24, 2.45) is 0 Å². The predicted molar refractivity (Wildman–Crippen MR) is 94.5 cm³/mol. The van der Waals surface area contributed by atoms with Gasteiger partial charge in [0, 0.05) is 10.9 Å². The number of nitrogens with zero attached hydrogens (tertiary/aromatic N) is 1. The highest BCUT2D eigenvalue weighted by molar-refractivity contribution is 5.81. The van der Waals surface area contributed by atoms with Gasteiger partial charge >= 0.3 is 0 Å². The van der Waals surface area contributed by atoms with Crippen molar-refractivity contribution in [1.82, 2.24) is 4.98 Å². The quantitative estimate of drug-likeness (QED) is 0.720. The molecule has 0 aliphatic carbocycles. The fraction of sp³-hybridized carbons (Fsp3) is 0.150. The zero-order valence-corrected chi connectivity index (χ0v) is 13.2. The zero-order valence-electron chi connectivity index (χ0n) is 13.2. The molecule has 2 aromatic carbocycles. The summed E-state index contributed by atoms with van der Waals surface area (Å²) in [6, 6.07) is 15.2. The number of phenolic OH excluding ortho intramolecular Hbond substituents is 2. The van der Waals surface area contributed by atoms with Crippen LogP contribution < -0.4 is 0 Å². The molecule has 1 heterocycles. The summed E-state index contributed by atoms with van der Waals surface area (Å²) in [5.74, 6) is 0.299. The lowest BCUT2D eigenvalue weighted by atomic mass is 9.98. The summed E-state index contributed by atoms with van der Waals surface area (Å²) in [6.07, 6.45) is 3.70. The zero-order chi connectivity index (χ0) is 16.4. The number of benzene rings is 2. The number of pyridine rings is 1. The molecule has 2 N–H and O–H groups in total. The third-order valence-corrected chi connectivity index (χ3v) is 3.80. The van der Waals surface area contributed by atoms with Crippen LogP contribution >= 0.6 is 0 Å². The van der Waals surface area contributed by atoms with Gasteiger partial charge in [0.1, 0.15) is 11.5 Å². The maximum atomic E-state index is 10.1. The average molecular weight is 305 g/mol. The highest BCUT2D eigenvalue weighted by atomic mass is 16.3. The SMILES string of the molecule is CC(C)c1c(O)cc(C=Cc2ccc3ccccc3n2)cc1O. The summed E-state index contributed by atoms with van der Waals surface area (Å²) in [7, 11) is 0. The molecule has 3 heteroatoms. The Kier molecular flexibility index (Phi) is 4.02. The molecule has 0 unspecified atom stereocenters. The number of phenols is 2. The van der Waals surface area contributed by atoms with Gasteiger partial charge in [-0.05, 0) is 41.8 Å². The molecule has 0 saturated carbocycles. The third kappa shape index (κ3) is 3.19. The monoisotopic (exact) mass is 305 g/mol. The number of aromatic nitrogens is 1. The highest BCUT2D eigenvalue weighted by Gasteiger charge is 2.12. The molecule has 0 bridgehead atoms. The van der Waals surface area contributed by atoms with Gasteiger partial charge < -0.3 is 10.2 Å². The molecule has 3 aromatic rings. The van der Waals surface area contributed by atoms with E-state index in [1.54, 1.807) is 12.1 Å². The van der Waals surface area contributed by atoms with Gasteiger partial charge in [-0.15, -0.1) is 0 Å². The lowest BCUT2D eigenvalue weighted by Gasteiger charge is -2.11. The van der Waals surface area contributed by atoms with Crippen LogP contribution in [-0.4, -0.2) is 15.2 Å². The van der Waals surface area contributed by atoms with Gasteiger partial charge in [0.15, 0.2) is 0 Å². The molecule has 3 nitrogen and oxygen atoms in total. The van der Waals surface area contributed by atoms with Crippen molar-refractivity contribution < 1.29 is 10.2 Å². The molecule has 0 saturated heterocycles. The molecular formula is C20H19NO2. The number of hydrogen-bond acceptors (Lipinski definition) is 3. The minimum atomic E-state index is 0.0650. The van der Waals surface area contributed by atoms with Crippen LogP contribution in [0.4, 0.5) is 0 Å². The number of hydrogen-bond donors (Lipinski definition) is 2. The van der Waals surface area contributed by atoms with Crippen LogP contribution in [0.15, 0.2) is 48.5 Å². The van der Waals surface area contributed by atoms with E-state index >= 15 is 0 Å². The summed E-state index contributed by atoms with van der Waals surface area (Å²) < 4.78 is 0. The lowest BCUT2D eigenvalue weighted by molar-refractivity contribution is 0.433. The van der Waals surface area contributed by atoms with E-state index in [1.165, 1.54) is 0 Å². The van der Waals surface area contributed by atoms with E-state index in [9.17, 15) is 10.2 Å². The maximum Gasteiger partial charge on any atom is 0.123 e. The van der Waals surface area contributed by atoms with Crippen LogP contribution in [0.2, 0.25) is 0 Å². The lowest BCUT2D eigenvalue weighted by Crippen LogP contribution is -1.90. The largest absolute Gasteiger partial charge is 0.507 e. The topological polar surface area (TPSA) is 53.4 Å². The van der Waals surface area contributed by atoms with Crippen molar-refractivity contribution in [2.45, 2.75) is 19.8 Å². The number of rotatable bonds is 3. The van der Waals surface area contributed by atoms with E-state index in [0.29, 0.717) is 5.56 Å². The molecular weight excluding hydrogens is 286 g/mol. The Morgan fingerprint density at radius 3 is 2.30 bits per heavy atom. The minimum Gasteiger partial charge on any atom is -0.507 e. The first-order chi connectivity index (χ1) is 11.0. The van der Waals surface area contributed by atoms with Crippen molar-refractivity contribution >= 4 is 23.1 Å². The van der Waals surface area contributed by atoms with Crippen molar-refractivity contribution in [3.05, 3.63) is 65.4 Å². The Hall–Kier alpha value is -2.81. The van der Waals surface area contributed by atoms with Crippen LogP contribution in [0, 0.1) is 0 Å². The van der Waals surface area contributed by atoms with Crippen LogP contribution in [0.5, 0.6) is 11.5 Å². The highest BCUT2D eigenvalue weighted by Crippen LogP contribution is 2.35. The van der Waals surface area contributed by atoms with Crippen LogP contribution in [0.25, 0.3) is 23.1 Å². The molecule has 0 amide bonds. The van der Waals surface area contributed by atoms with Gasteiger partial charge in [0.25, 0.3) is 0 Å². The number of para-hydroxylation sites is 1. The first-order valence-electron chi connectivity index (χ1n) is 7.64. The molecule has 0 spiro atoms. The molecule has 116 valence electrons. The Morgan fingerprint density at radius 2 is 1.61 bits per heavy atom. The minimum absolute atomic E-state index is 0.0650. The molecule has 23 heavy (non-hydrogen) atoms. The molecule has 3 rings (SSSR count). The molecule has 0 atom stereocenters. The standard InChI is InChI=1S/C20H19NO2/c1-13(2)20-18(22)11-14(12-19(20)23)7-9-16-10-8-15-5-3-4-6-17(15)21-16/h3-13,22-23H,1-2H3. The predicted octanol–water partition coefficient (Wildman–Crippen LogP) is 4.94. The number of aromatic hydroxyl groups is 2. The van der Waals surface area contributed by atoms with E-state index in [4.69, 9.17) is 0 Å². The Balaban J connectivity index is 1.92. The molecule has 1 aromatic heterocycles. The summed E-state index contributed by atoms with van der Waals surface area (Å²) in [4.78, 5) is 4.57. The Bertz CT molecular complexity index is 859. The van der Waals surface area contributed by atoms with Crippen molar-refractivity contribution in [3.63, 3.8) is 0 Å². The van der Waals surface area contributed by atoms with Crippen LogP contribution in [0.3, 0.4) is 0 Å². The Labute approximate surface area is 135 Å². The third-order valence-electron chi connectivity index (χ3n) is 3.80. The van der Waals surface area contributed by atoms with E-state index < -0.39 is 0 Å². The van der Waals surface area contributed by atoms with Gasteiger partial charge in [0.05, 0.1) is 11.2 Å². The summed E-state index contributed by atoms with van der Waals surface area (Å²) in [6.45, 7) is 3.87. The second kappa shape index (κ2) is 6.13. The van der Waals surface area contributed by atoms with Crippen LogP contribution in [0.1, 0.15) is 36.6 Å². The first-order valence-corrected chi connectivity index (χ1v) is 7.64. The smallest absolute Gasteiger partial charge is 0.123 e. The van der Waals surface area contributed by atoms with E-state index in [0.717, 1.165) is 22.2 Å². The second-order valence-corrected chi connectivity index (χ2v) is 5.89. The normalized spacial score (nSPS) is 11.6. The van der Waals surface area contributed by atoms with Gasteiger partial charge in [-0.25, -0.2) is 4.98 Å². The van der Waals surface area contributed by atoms with E-state index in [-0.39, 0.29) is 17.4 Å². The van der Waals surface area contributed by atoms with Crippen molar-refractivity contribution in [1.29, 1.82) is 0 Å². The van der Waals surface area contributed by atoms with E-state index in [1.807, 2.05) is 62.4 Å². The van der Waals surface area contributed by atoms with Gasteiger partial charge in [-0.3, -0.25) is 0 Å². The molecule has 0 radical (unpaired) electrons. The summed E-state index contributed by atoms with van der Waals surface area (Å²) in [5, 5.41) is 21.2. The van der Waals surface area contributed by atoms with Gasteiger partial charge in [0.2, 0.25) is 0 Å². The first kappa shape index (κ1) is 15.1. The number of fused-ring (bicyclic) bond motifs is 1. The fourth-order valence-electron chi connectivity index (χ4n) is 2.69. The maximum absolute atomic E-state index is 10.1. The molecule has 0 fully saturated rings.